The number of benzene rings is 1. The SMILES string of the molecule is Cc1cnc(N)nc1-c1c(F)cccc1F. The van der Waals surface area contributed by atoms with Crippen LogP contribution < -0.4 is 5.73 Å². The molecule has 2 N–H and O–H groups in total. The number of hydrogen-bond donors (Lipinski definition) is 1. The Bertz CT molecular complexity index is 520. The summed E-state index contributed by atoms with van der Waals surface area (Å²) in [6.45, 7) is 1.67. The maximum Gasteiger partial charge on any atom is 0.220 e. The fourth-order valence-electron chi connectivity index (χ4n) is 1.43. The third kappa shape index (κ3) is 1.71. The number of hydrogen-bond acceptors (Lipinski definition) is 3. The van der Waals surface area contributed by atoms with Gasteiger partial charge in [-0.15, -0.1) is 0 Å². The summed E-state index contributed by atoms with van der Waals surface area (Å²) in [6, 6.07) is 3.65. The van der Waals surface area contributed by atoms with Gasteiger partial charge >= 0.3 is 0 Å². The molecule has 1 aromatic carbocycles. The first-order valence-electron chi connectivity index (χ1n) is 4.63. The van der Waals surface area contributed by atoms with Crippen molar-refractivity contribution >= 4 is 5.95 Å². The predicted molar refractivity (Wildman–Crippen MR) is 56.5 cm³/mol. The molecule has 0 aliphatic carbocycles. The molecule has 1 aromatic heterocycles. The van der Waals surface area contributed by atoms with Crippen LogP contribution >= 0.6 is 0 Å². The van der Waals surface area contributed by atoms with Gasteiger partial charge in [-0.05, 0) is 24.6 Å². The fraction of sp³-hybridized carbons (Fsp3) is 0.0909. The van der Waals surface area contributed by atoms with Crippen LogP contribution in [0, 0.1) is 18.6 Å². The van der Waals surface area contributed by atoms with Gasteiger partial charge < -0.3 is 5.73 Å². The molecular weight excluding hydrogens is 212 g/mol. The lowest BCUT2D eigenvalue weighted by molar-refractivity contribution is 0.588. The molecule has 82 valence electrons. The Labute approximate surface area is 91.0 Å². The normalized spacial score (nSPS) is 10.4. The minimum Gasteiger partial charge on any atom is -0.368 e. The molecule has 3 nitrogen and oxygen atoms in total. The number of anilines is 1. The van der Waals surface area contributed by atoms with E-state index in [4.69, 9.17) is 5.73 Å². The van der Waals surface area contributed by atoms with Crippen LogP contribution in [-0.2, 0) is 0 Å². The molecule has 5 heteroatoms. The lowest BCUT2D eigenvalue weighted by Gasteiger charge is -2.07. The van der Waals surface area contributed by atoms with Crippen LogP contribution in [0.5, 0.6) is 0 Å². The number of nitrogen functional groups attached to an aromatic ring is 1. The topological polar surface area (TPSA) is 51.8 Å². The first-order chi connectivity index (χ1) is 7.59. The van der Waals surface area contributed by atoms with Crippen molar-refractivity contribution in [1.82, 2.24) is 9.97 Å². The van der Waals surface area contributed by atoms with Gasteiger partial charge in [0.25, 0.3) is 0 Å². The Morgan fingerprint density at radius 2 is 1.81 bits per heavy atom. The second-order valence-corrected chi connectivity index (χ2v) is 3.36. The Morgan fingerprint density at radius 3 is 2.44 bits per heavy atom. The van der Waals surface area contributed by atoms with E-state index in [9.17, 15) is 8.78 Å². The van der Waals surface area contributed by atoms with Crippen molar-refractivity contribution in [1.29, 1.82) is 0 Å². The fourth-order valence-corrected chi connectivity index (χ4v) is 1.43. The van der Waals surface area contributed by atoms with Crippen LogP contribution in [0.3, 0.4) is 0 Å². The largest absolute Gasteiger partial charge is 0.368 e. The van der Waals surface area contributed by atoms with Crippen LogP contribution in [0.25, 0.3) is 11.3 Å². The van der Waals surface area contributed by atoms with E-state index in [1.165, 1.54) is 24.4 Å². The van der Waals surface area contributed by atoms with Gasteiger partial charge in [0.05, 0.1) is 11.3 Å². The maximum atomic E-state index is 13.5. The van der Waals surface area contributed by atoms with E-state index in [-0.39, 0.29) is 17.2 Å². The summed E-state index contributed by atoms with van der Waals surface area (Å²) in [5.74, 6) is -1.34. The summed E-state index contributed by atoms with van der Waals surface area (Å²) < 4.78 is 27.0. The smallest absolute Gasteiger partial charge is 0.220 e. The zero-order valence-corrected chi connectivity index (χ0v) is 8.54. The van der Waals surface area contributed by atoms with Crippen LogP contribution in [-0.4, -0.2) is 9.97 Å². The molecular formula is C11H9F2N3. The lowest BCUT2D eigenvalue weighted by atomic mass is 10.1. The Hall–Kier alpha value is -2.04. The second kappa shape index (κ2) is 3.84. The summed E-state index contributed by atoms with van der Waals surface area (Å²) in [7, 11) is 0. The van der Waals surface area contributed by atoms with Gasteiger partial charge in [-0.25, -0.2) is 18.7 Å². The third-order valence-corrected chi connectivity index (χ3v) is 2.19. The Kier molecular flexibility index (Phi) is 2.52. The van der Waals surface area contributed by atoms with E-state index >= 15 is 0 Å². The van der Waals surface area contributed by atoms with E-state index in [1.54, 1.807) is 6.92 Å². The molecule has 0 radical (unpaired) electrons. The highest BCUT2D eigenvalue weighted by atomic mass is 19.1. The standard InChI is InChI=1S/C11H9F2N3/c1-6-5-15-11(14)16-10(6)9-7(12)3-2-4-8(9)13/h2-5H,1H3,(H2,14,15,16). The second-order valence-electron chi connectivity index (χ2n) is 3.36. The number of nitrogens with zero attached hydrogens (tertiary/aromatic N) is 2. The zero-order chi connectivity index (χ0) is 11.7. The van der Waals surface area contributed by atoms with Crippen molar-refractivity contribution in [2.45, 2.75) is 6.92 Å². The zero-order valence-electron chi connectivity index (χ0n) is 8.54. The van der Waals surface area contributed by atoms with Gasteiger partial charge in [-0.3, -0.25) is 0 Å². The number of nitrogens with two attached hydrogens (primary N) is 1. The highest BCUT2D eigenvalue weighted by Gasteiger charge is 2.14. The minimum absolute atomic E-state index is 0.0109. The number of rotatable bonds is 1. The molecule has 0 saturated heterocycles. The van der Waals surface area contributed by atoms with Crippen molar-refractivity contribution in [3.8, 4) is 11.3 Å². The Morgan fingerprint density at radius 1 is 1.19 bits per heavy atom. The molecule has 16 heavy (non-hydrogen) atoms. The van der Waals surface area contributed by atoms with E-state index < -0.39 is 11.6 Å². The number of halogens is 2. The predicted octanol–water partition coefficient (Wildman–Crippen LogP) is 2.31. The average Bonchev–Trinajstić information content (AvgIpc) is 2.23. The summed E-state index contributed by atoms with van der Waals surface area (Å²) >= 11 is 0. The Balaban J connectivity index is 2.72. The molecule has 1 heterocycles. The van der Waals surface area contributed by atoms with Gasteiger partial charge in [-0.1, -0.05) is 6.07 Å². The average molecular weight is 221 g/mol. The molecule has 0 saturated carbocycles. The van der Waals surface area contributed by atoms with Gasteiger partial charge in [0.1, 0.15) is 11.6 Å². The summed E-state index contributed by atoms with van der Waals surface area (Å²) in [5.41, 5.74) is 5.98. The number of aromatic nitrogens is 2. The van der Waals surface area contributed by atoms with Gasteiger partial charge in [-0.2, -0.15) is 0 Å². The van der Waals surface area contributed by atoms with E-state index in [2.05, 4.69) is 9.97 Å². The van der Waals surface area contributed by atoms with E-state index in [1.807, 2.05) is 0 Å². The van der Waals surface area contributed by atoms with Crippen molar-refractivity contribution in [2.24, 2.45) is 0 Å². The van der Waals surface area contributed by atoms with Crippen molar-refractivity contribution < 1.29 is 8.78 Å². The van der Waals surface area contributed by atoms with Gasteiger partial charge in [0, 0.05) is 6.20 Å². The highest BCUT2D eigenvalue weighted by molar-refractivity contribution is 5.64. The third-order valence-electron chi connectivity index (χ3n) is 2.19. The first kappa shape index (κ1) is 10.5. The molecule has 2 rings (SSSR count). The minimum atomic E-state index is -0.666. The summed E-state index contributed by atoms with van der Waals surface area (Å²) in [4.78, 5) is 7.60. The molecule has 2 aromatic rings. The first-order valence-corrected chi connectivity index (χ1v) is 4.63. The molecule has 0 amide bonds. The number of aryl methyl sites for hydroxylation is 1. The molecule has 0 aliphatic heterocycles. The summed E-state index contributed by atoms with van der Waals surface area (Å²) in [6.07, 6.45) is 1.43. The molecule has 0 bridgehead atoms. The van der Waals surface area contributed by atoms with Crippen molar-refractivity contribution in [2.75, 3.05) is 5.73 Å². The molecule has 0 unspecified atom stereocenters. The molecule has 0 aliphatic rings. The van der Waals surface area contributed by atoms with Crippen LogP contribution in [0.15, 0.2) is 24.4 Å². The van der Waals surface area contributed by atoms with Crippen LogP contribution in [0.4, 0.5) is 14.7 Å². The highest BCUT2D eigenvalue weighted by Crippen LogP contribution is 2.26. The molecule has 0 atom stereocenters. The van der Waals surface area contributed by atoms with Crippen molar-refractivity contribution in [3.05, 3.63) is 41.6 Å². The van der Waals surface area contributed by atoms with Crippen LogP contribution in [0.2, 0.25) is 0 Å². The van der Waals surface area contributed by atoms with Crippen LogP contribution in [0.1, 0.15) is 5.56 Å². The maximum absolute atomic E-state index is 13.5. The van der Waals surface area contributed by atoms with Gasteiger partial charge in [0.15, 0.2) is 0 Å². The van der Waals surface area contributed by atoms with Gasteiger partial charge in [0.2, 0.25) is 5.95 Å². The van der Waals surface area contributed by atoms with E-state index in [0.29, 0.717) is 5.56 Å². The van der Waals surface area contributed by atoms with Crippen molar-refractivity contribution in [3.63, 3.8) is 0 Å². The molecule has 0 fully saturated rings. The molecule has 0 spiro atoms. The lowest BCUT2D eigenvalue weighted by Crippen LogP contribution is -2.01. The van der Waals surface area contributed by atoms with E-state index in [0.717, 1.165) is 0 Å². The monoisotopic (exact) mass is 221 g/mol. The quantitative estimate of drug-likeness (QED) is 0.803. The summed E-state index contributed by atoms with van der Waals surface area (Å²) in [5, 5.41) is 0.